The van der Waals surface area contributed by atoms with Crippen molar-refractivity contribution in [2.45, 2.75) is 84.1 Å². The number of aryl methyl sites for hydroxylation is 1. The predicted molar refractivity (Wildman–Crippen MR) is 116 cm³/mol. The zero-order chi connectivity index (χ0) is 22.3. The van der Waals surface area contributed by atoms with E-state index in [0.29, 0.717) is 6.54 Å². The molecule has 0 heterocycles. The van der Waals surface area contributed by atoms with Gasteiger partial charge in [0.15, 0.2) is 0 Å². The number of carboxylic acid groups (broad SMARTS) is 1. The van der Waals surface area contributed by atoms with Gasteiger partial charge in [-0.2, -0.15) is 0 Å². The number of carbonyl (C=O) groups is 2. The van der Waals surface area contributed by atoms with Crippen molar-refractivity contribution in [1.82, 2.24) is 10.6 Å². The summed E-state index contributed by atoms with van der Waals surface area (Å²) >= 11 is 0. The van der Waals surface area contributed by atoms with Crippen LogP contribution in [0, 0.1) is 5.92 Å². The minimum Gasteiger partial charge on any atom is -0.489 e. The molecule has 1 aliphatic rings. The molecule has 7 heteroatoms. The van der Waals surface area contributed by atoms with Gasteiger partial charge in [-0.25, -0.2) is 4.79 Å². The standard InChI is InChI=1S/C23H36N2O5/c1-15(25-22(28)30-23(3,4)5)10-11-17-8-6-7-9-19(17)29-16(2)14-24-20(21(26)27)18-12-13-18/h6-9,15-16,18,20,24H,10-14H2,1-5H3,(H,25,28)(H,26,27)/t15-,16-,20+/m1/s1. The highest BCUT2D eigenvalue weighted by molar-refractivity contribution is 5.74. The van der Waals surface area contributed by atoms with E-state index in [1.54, 1.807) is 0 Å². The maximum Gasteiger partial charge on any atom is 0.407 e. The fourth-order valence-corrected chi connectivity index (χ4v) is 3.21. The third-order valence-corrected chi connectivity index (χ3v) is 4.90. The molecule has 3 atom stereocenters. The molecule has 0 radical (unpaired) electrons. The van der Waals surface area contributed by atoms with Gasteiger partial charge in [0.25, 0.3) is 0 Å². The Labute approximate surface area is 179 Å². The van der Waals surface area contributed by atoms with E-state index in [1.165, 1.54) is 0 Å². The Bertz CT molecular complexity index is 712. The molecule has 1 amide bonds. The smallest absolute Gasteiger partial charge is 0.407 e. The maximum atomic E-state index is 11.9. The van der Waals surface area contributed by atoms with E-state index in [1.807, 2.05) is 58.9 Å². The molecule has 168 valence electrons. The summed E-state index contributed by atoms with van der Waals surface area (Å²) in [5.41, 5.74) is 0.535. The molecule has 1 fully saturated rings. The minimum absolute atomic E-state index is 0.0399. The van der Waals surface area contributed by atoms with Gasteiger partial charge in [0.05, 0.1) is 0 Å². The van der Waals surface area contributed by atoms with Crippen LogP contribution in [0.2, 0.25) is 0 Å². The van der Waals surface area contributed by atoms with Crippen molar-refractivity contribution < 1.29 is 24.2 Å². The van der Waals surface area contributed by atoms with Crippen LogP contribution in [0.1, 0.15) is 59.4 Å². The van der Waals surface area contributed by atoms with Crippen molar-refractivity contribution in [3.05, 3.63) is 29.8 Å². The summed E-state index contributed by atoms with van der Waals surface area (Å²) in [4.78, 5) is 23.3. The van der Waals surface area contributed by atoms with Crippen LogP contribution in [-0.4, -0.2) is 47.5 Å². The number of carbonyl (C=O) groups excluding carboxylic acids is 1. The van der Waals surface area contributed by atoms with Crippen molar-refractivity contribution in [3.8, 4) is 5.75 Å². The number of hydrogen-bond acceptors (Lipinski definition) is 5. The van der Waals surface area contributed by atoms with Gasteiger partial charge in [0, 0.05) is 12.6 Å². The summed E-state index contributed by atoms with van der Waals surface area (Å²) in [6.07, 6.45) is 2.85. The maximum absolute atomic E-state index is 11.9. The molecule has 3 N–H and O–H groups in total. The van der Waals surface area contributed by atoms with E-state index in [0.717, 1.165) is 37.0 Å². The molecule has 1 saturated carbocycles. The van der Waals surface area contributed by atoms with Crippen molar-refractivity contribution in [1.29, 1.82) is 0 Å². The van der Waals surface area contributed by atoms with Gasteiger partial charge in [-0.3, -0.25) is 4.79 Å². The van der Waals surface area contributed by atoms with Crippen LogP contribution in [0.5, 0.6) is 5.75 Å². The summed E-state index contributed by atoms with van der Waals surface area (Å²) in [6, 6.07) is 7.29. The molecule has 1 aliphatic carbocycles. The first-order chi connectivity index (χ1) is 14.0. The lowest BCUT2D eigenvalue weighted by Crippen LogP contribution is -2.43. The molecule has 0 unspecified atom stereocenters. The zero-order valence-corrected chi connectivity index (χ0v) is 18.7. The van der Waals surface area contributed by atoms with Gasteiger partial charge in [0.1, 0.15) is 23.5 Å². The van der Waals surface area contributed by atoms with E-state index < -0.39 is 23.7 Å². The number of amides is 1. The predicted octanol–water partition coefficient (Wildman–Crippen LogP) is 3.75. The quantitative estimate of drug-likeness (QED) is 0.504. The van der Waals surface area contributed by atoms with E-state index in [-0.39, 0.29) is 18.1 Å². The Hall–Kier alpha value is -2.28. The number of alkyl carbamates (subject to hydrolysis) is 1. The first-order valence-corrected chi connectivity index (χ1v) is 10.8. The summed E-state index contributed by atoms with van der Waals surface area (Å²) in [5.74, 6) is 0.229. The van der Waals surface area contributed by atoms with Crippen LogP contribution in [0.15, 0.2) is 24.3 Å². The monoisotopic (exact) mass is 420 g/mol. The Morgan fingerprint density at radius 2 is 1.87 bits per heavy atom. The highest BCUT2D eigenvalue weighted by atomic mass is 16.6. The summed E-state index contributed by atoms with van der Waals surface area (Å²) in [7, 11) is 0. The molecule has 0 bridgehead atoms. The topological polar surface area (TPSA) is 96.9 Å². The van der Waals surface area contributed by atoms with Gasteiger partial charge in [-0.1, -0.05) is 18.2 Å². The van der Waals surface area contributed by atoms with Gasteiger partial charge >= 0.3 is 12.1 Å². The molecule has 0 aromatic heterocycles. The second-order valence-corrected chi connectivity index (χ2v) is 9.18. The van der Waals surface area contributed by atoms with E-state index in [4.69, 9.17) is 9.47 Å². The number of nitrogens with one attached hydrogen (secondary N) is 2. The van der Waals surface area contributed by atoms with Gasteiger partial charge in [-0.15, -0.1) is 0 Å². The van der Waals surface area contributed by atoms with E-state index >= 15 is 0 Å². The average molecular weight is 421 g/mol. The van der Waals surface area contributed by atoms with Crippen LogP contribution in [0.25, 0.3) is 0 Å². The van der Waals surface area contributed by atoms with Crippen LogP contribution >= 0.6 is 0 Å². The third-order valence-electron chi connectivity index (χ3n) is 4.90. The second-order valence-electron chi connectivity index (χ2n) is 9.18. The molecular weight excluding hydrogens is 384 g/mol. The van der Waals surface area contributed by atoms with Crippen LogP contribution in [0.4, 0.5) is 4.79 Å². The number of ether oxygens (including phenoxy) is 2. The number of rotatable bonds is 11. The Balaban J connectivity index is 1.83. The number of aliphatic carboxylic acids is 1. The highest BCUT2D eigenvalue weighted by Crippen LogP contribution is 2.32. The summed E-state index contributed by atoms with van der Waals surface area (Å²) < 4.78 is 11.4. The Morgan fingerprint density at radius 1 is 1.20 bits per heavy atom. The molecule has 1 aromatic carbocycles. The zero-order valence-electron chi connectivity index (χ0n) is 18.7. The molecule has 0 saturated heterocycles. The fourth-order valence-electron chi connectivity index (χ4n) is 3.21. The molecule has 2 rings (SSSR count). The van der Waals surface area contributed by atoms with Crippen LogP contribution in [0.3, 0.4) is 0 Å². The minimum atomic E-state index is -0.795. The lowest BCUT2D eigenvalue weighted by atomic mass is 10.1. The number of benzene rings is 1. The van der Waals surface area contributed by atoms with Crippen molar-refractivity contribution in [2.24, 2.45) is 5.92 Å². The lowest BCUT2D eigenvalue weighted by Gasteiger charge is -2.22. The molecule has 7 nitrogen and oxygen atoms in total. The second kappa shape index (κ2) is 10.7. The van der Waals surface area contributed by atoms with Gasteiger partial charge in [-0.05, 0) is 77.8 Å². The molecule has 1 aromatic rings. The largest absolute Gasteiger partial charge is 0.489 e. The highest BCUT2D eigenvalue weighted by Gasteiger charge is 2.36. The van der Waals surface area contributed by atoms with Gasteiger partial charge < -0.3 is 25.2 Å². The van der Waals surface area contributed by atoms with Crippen molar-refractivity contribution in [2.75, 3.05) is 6.54 Å². The Kier molecular flexibility index (Phi) is 8.53. The average Bonchev–Trinajstić information content (AvgIpc) is 3.44. The first-order valence-electron chi connectivity index (χ1n) is 10.8. The Morgan fingerprint density at radius 3 is 2.47 bits per heavy atom. The lowest BCUT2D eigenvalue weighted by molar-refractivity contribution is -0.140. The van der Waals surface area contributed by atoms with E-state index in [2.05, 4.69) is 10.6 Å². The number of carboxylic acids is 1. The molecule has 0 aliphatic heterocycles. The van der Waals surface area contributed by atoms with E-state index in [9.17, 15) is 14.7 Å². The van der Waals surface area contributed by atoms with Crippen molar-refractivity contribution >= 4 is 12.1 Å². The molecular formula is C23H36N2O5. The summed E-state index contributed by atoms with van der Waals surface area (Å²) in [5, 5.41) is 15.3. The number of para-hydroxylation sites is 1. The van der Waals surface area contributed by atoms with Gasteiger partial charge in [0.2, 0.25) is 0 Å². The van der Waals surface area contributed by atoms with Crippen molar-refractivity contribution in [3.63, 3.8) is 0 Å². The molecule has 30 heavy (non-hydrogen) atoms. The third kappa shape index (κ3) is 8.61. The molecule has 0 spiro atoms. The normalized spacial score (nSPS) is 17.0. The number of hydrogen-bond donors (Lipinski definition) is 3. The summed E-state index contributed by atoms with van der Waals surface area (Å²) in [6.45, 7) is 9.86. The first kappa shape index (κ1) is 24.0. The SMILES string of the molecule is C[C@H](CCc1ccccc1O[C@H](C)CN[C@H](C(=O)O)C1CC1)NC(=O)OC(C)(C)C. The fraction of sp³-hybridized carbons (Fsp3) is 0.652. The van der Waals surface area contributed by atoms with Crippen LogP contribution < -0.4 is 15.4 Å². The van der Waals surface area contributed by atoms with Crippen LogP contribution in [-0.2, 0) is 16.0 Å².